The third-order valence-corrected chi connectivity index (χ3v) is 4.32. The van der Waals surface area contributed by atoms with E-state index in [4.69, 9.17) is 4.74 Å². The van der Waals surface area contributed by atoms with E-state index in [1.807, 2.05) is 13.8 Å². The van der Waals surface area contributed by atoms with Crippen LogP contribution in [0.15, 0.2) is 10.4 Å². The standard InChI is InChI=1S/C17H28F3N5O2S.HI/c1-10(2)11(24-15(26)27-16(3,4)5)7-22-14(21-6)23-8-13-25-12(9-28-13)17(18,19)20;/h9-11H,7-8H2,1-6H3,(H,24,26)(H2,21,22,23);1H. The molecule has 1 heterocycles. The van der Waals surface area contributed by atoms with E-state index in [1.54, 1.807) is 27.8 Å². The summed E-state index contributed by atoms with van der Waals surface area (Å²) in [5.74, 6) is 0.506. The number of aromatic nitrogens is 1. The van der Waals surface area contributed by atoms with E-state index in [0.29, 0.717) is 17.5 Å². The molecule has 0 spiro atoms. The lowest BCUT2D eigenvalue weighted by molar-refractivity contribution is -0.140. The minimum absolute atomic E-state index is 0. The molecule has 0 bridgehead atoms. The van der Waals surface area contributed by atoms with Crippen molar-refractivity contribution < 1.29 is 22.7 Å². The highest BCUT2D eigenvalue weighted by atomic mass is 127. The zero-order valence-corrected chi connectivity index (χ0v) is 20.5. The summed E-state index contributed by atoms with van der Waals surface area (Å²) in [5.41, 5.74) is -1.50. The van der Waals surface area contributed by atoms with Crippen LogP contribution in [0.1, 0.15) is 45.3 Å². The summed E-state index contributed by atoms with van der Waals surface area (Å²) in [5, 5.41) is 10.0. The Bertz CT molecular complexity index is 675. The van der Waals surface area contributed by atoms with Crippen LogP contribution in [0.3, 0.4) is 0 Å². The van der Waals surface area contributed by atoms with Crippen LogP contribution in [0.2, 0.25) is 0 Å². The highest BCUT2D eigenvalue weighted by molar-refractivity contribution is 14.0. The number of aliphatic imine (C=N–C) groups is 1. The molecule has 0 fully saturated rings. The number of nitrogens with one attached hydrogen (secondary N) is 3. The first-order valence-electron chi connectivity index (χ1n) is 8.77. The molecular weight excluding hydrogens is 522 g/mol. The van der Waals surface area contributed by atoms with Crippen molar-refractivity contribution in [2.75, 3.05) is 13.6 Å². The van der Waals surface area contributed by atoms with Crippen LogP contribution in [0.25, 0.3) is 0 Å². The normalized spacial score (nSPS) is 13.5. The van der Waals surface area contributed by atoms with Crippen LogP contribution < -0.4 is 16.0 Å². The van der Waals surface area contributed by atoms with Crippen molar-refractivity contribution in [1.29, 1.82) is 0 Å². The highest BCUT2D eigenvalue weighted by Crippen LogP contribution is 2.29. The molecule has 0 aliphatic heterocycles. The van der Waals surface area contributed by atoms with E-state index in [0.717, 1.165) is 16.7 Å². The zero-order chi connectivity index (χ0) is 21.5. The number of alkyl halides is 3. The highest BCUT2D eigenvalue weighted by Gasteiger charge is 2.33. The number of guanidine groups is 1. The van der Waals surface area contributed by atoms with Gasteiger partial charge >= 0.3 is 12.3 Å². The van der Waals surface area contributed by atoms with Gasteiger partial charge in [-0.2, -0.15) is 13.2 Å². The molecule has 0 aliphatic rings. The molecule has 0 aliphatic carbocycles. The number of carbonyl (C=O) groups excluding carboxylic acids is 1. The van der Waals surface area contributed by atoms with E-state index in [1.165, 1.54) is 0 Å². The summed E-state index contributed by atoms with van der Waals surface area (Å²) in [7, 11) is 1.55. The Labute approximate surface area is 190 Å². The maximum Gasteiger partial charge on any atom is 0.434 e. The van der Waals surface area contributed by atoms with Crippen molar-refractivity contribution in [2.24, 2.45) is 10.9 Å². The molecule has 1 amide bonds. The molecule has 0 saturated carbocycles. The van der Waals surface area contributed by atoms with Gasteiger partial charge in [-0.15, -0.1) is 35.3 Å². The minimum atomic E-state index is -4.45. The van der Waals surface area contributed by atoms with Gasteiger partial charge in [0, 0.05) is 19.0 Å². The number of amides is 1. The Morgan fingerprint density at radius 2 is 1.90 bits per heavy atom. The summed E-state index contributed by atoms with van der Waals surface area (Å²) in [6, 6.07) is -0.231. The number of hydrogen-bond donors (Lipinski definition) is 3. The first-order valence-corrected chi connectivity index (χ1v) is 9.65. The molecular formula is C17H29F3IN5O2S. The van der Waals surface area contributed by atoms with Crippen molar-refractivity contribution >= 4 is 47.4 Å². The maximum atomic E-state index is 12.6. The number of hydrogen-bond acceptors (Lipinski definition) is 5. The van der Waals surface area contributed by atoms with Gasteiger partial charge in [0.15, 0.2) is 11.7 Å². The molecule has 12 heteroatoms. The van der Waals surface area contributed by atoms with Crippen molar-refractivity contribution in [3.05, 3.63) is 16.1 Å². The number of carbonyl (C=O) groups is 1. The molecule has 7 nitrogen and oxygen atoms in total. The summed E-state index contributed by atoms with van der Waals surface area (Å²) < 4.78 is 43.1. The van der Waals surface area contributed by atoms with Crippen molar-refractivity contribution in [3.63, 3.8) is 0 Å². The summed E-state index contributed by atoms with van der Waals surface area (Å²) in [6.07, 6.45) is -4.97. The molecule has 3 N–H and O–H groups in total. The maximum absolute atomic E-state index is 12.6. The average molecular weight is 551 g/mol. The fraction of sp³-hybridized carbons (Fsp3) is 0.706. The number of thiazole rings is 1. The molecule has 1 unspecified atom stereocenters. The molecule has 168 valence electrons. The second kappa shape index (κ2) is 11.8. The monoisotopic (exact) mass is 551 g/mol. The van der Waals surface area contributed by atoms with Crippen LogP contribution in [0.4, 0.5) is 18.0 Å². The third-order valence-electron chi connectivity index (χ3n) is 3.47. The number of ether oxygens (including phenoxy) is 1. The van der Waals surface area contributed by atoms with Gasteiger partial charge in [-0.25, -0.2) is 9.78 Å². The Morgan fingerprint density at radius 1 is 1.28 bits per heavy atom. The molecule has 1 atom stereocenters. The number of rotatable bonds is 6. The molecule has 29 heavy (non-hydrogen) atoms. The lowest BCUT2D eigenvalue weighted by atomic mass is 10.0. The van der Waals surface area contributed by atoms with Gasteiger partial charge in [0.1, 0.15) is 10.6 Å². The number of alkyl carbamates (subject to hydrolysis) is 1. The fourth-order valence-corrected chi connectivity index (χ4v) is 2.76. The Morgan fingerprint density at radius 3 is 2.34 bits per heavy atom. The van der Waals surface area contributed by atoms with Gasteiger partial charge in [-0.3, -0.25) is 4.99 Å². The smallest absolute Gasteiger partial charge is 0.434 e. The van der Waals surface area contributed by atoms with Gasteiger partial charge in [-0.1, -0.05) is 13.8 Å². The third kappa shape index (κ3) is 10.9. The second-order valence-electron chi connectivity index (χ2n) is 7.43. The van der Waals surface area contributed by atoms with Crippen molar-refractivity contribution in [1.82, 2.24) is 20.9 Å². The Kier molecular flexibility index (Phi) is 11.2. The number of halogens is 4. The summed E-state index contributed by atoms with van der Waals surface area (Å²) in [4.78, 5) is 19.6. The molecule has 1 aromatic rings. The van der Waals surface area contributed by atoms with Gasteiger partial charge in [0.2, 0.25) is 0 Å². The lowest BCUT2D eigenvalue weighted by Gasteiger charge is -2.26. The SMILES string of the molecule is CN=C(NCc1nc(C(F)(F)F)cs1)NCC(NC(=O)OC(C)(C)C)C(C)C.I. The molecule has 1 aromatic heterocycles. The fourth-order valence-electron chi connectivity index (χ4n) is 2.02. The first-order chi connectivity index (χ1) is 12.8. The Hall–Kier alpha value is -1.31. The van der Waals surface area contributed by atoms with Gasteiger partial charge in [0.05, 0.1) is 12.6 Å². The van der Waals surface area contributed by atoms with Crippen LogP contribution in [0, 0.1) is 5.92 Å². The zero-order valence-electron chi connectivity index (χ0n) is 17.3. The minimum Gasteiger partial charge on any atom is -0.444 e. The molecule has 0 radical (unpaired) electrons. The van der Waals surface area contributed by atoms with Crippen molar-refractivity contribution in [2.45, 2.75) is 59.0 Å². The van der Waals surface area contributed by atoms with Crippen LogP contribution in [-0.4, -0.2) is 42.3 Å². The summed E-state index contributed by atoms with van der Waals surface area (Å²) >= 11 is 0.922. The van der Waals surface area contributed by atoms with E-state index in [2.05, 4.69) is 25.9 Å². The predicted molar refractivity (Wildman–Crippen MR) is 119 cm³/mol. The van der Waals surface area contributed by atoms with Gasteiger partial charge < -0.3 is 20.7 Å². The first kappa shape index (κ1) is 27.7. The van der Waals surface area contributed by atoms with Crippen molar-refractivity contribution in [3.8, 4) is 0 Å². The average Bonchev–Trinajstić information content (AvgIpc) is 3.01. The summed E-state index contributed by atoms with van der Waals surface area (Å²) in [6.45, 7) is 9.72. The van der Waals surface area contributed by atoms with Gasteiger partial charge in [-0.05, 0) is 26.7 Å². The molecule has 0 saturated heterocycles. The molecule has 1 rings (SSSR count). The topological polar surface area (TPSA) is 87.6 Å². The van der Waals surface area contributed by atoms with E-state index >= 15 is 0 Å². The quantitative estimate of drug-likeness (QED) is 0.283. The lowest BCUT2D eigenvalue weighted by Crippen LogP contribution is -2.50. The van der Waals surface area contributed by atoms with Crippen LogP contribution >= 0.6 is 35.3 Å². The van der Waals surface area contributed by atoms with Gasteiger partial charge in [0.25, 0.3) is 0 Å². The predicted octanol–water partition coefficient (Wildman–Crippen LogP) is 3.99. The largest absolute Gasteiger partial charge is 0.444 e. The van der Waals surface area contributed by atoms with E-state index < -0.39 is 23.6 Å². The Balaban J connectivity index is 0.00000784. The van der Waals surface area contributed by atoms with Crippen LogP contribution in [-0.2, 0) is 17.5 Å². The number of nitrogens with zero attached hydrogens (tertiary/aromatic N) is 2. The molecule has 0 aromatic carbocycles. The second-order valence-corrected chi connectivity index (χ2v) is 8.37. The van der Waals surface area contributed by atoms with Crippen LogP contribution in [0.5, 0.6) is 0 Å². The van der Waals surface area contributed by atoms with E-state index in [9.17, 15) is 18.0 Å². The van der Waals surface area contributed by atoms with E-state index in [-0.39, 0.29) is 42.5 Å².